The number of likely N-dealkylation sites (N-methyl/N-ethyl adjacent to an activating group) is 1. The second-order valence-electron chi connectivity index (χ2n) is 8.10. The number of pyridine rings is 1. The van der Waals surface area contributed by atoms with E-state index in [1.165, 1.54) is 5.57 Å². The van der Waals surface area contributed by atoms with Gasteiger partial charge in [-0.05, 0) is 50.4 Å². The standard InChI is InChI=1S/C23H27N5O/c1-27(2)15-21-23(29-21)28-12-9-16(10-13-28)20-14-18-19(8-11-24-22(18)26-20)25-17-6-4-3-5-7-17/h3-9,11,14,21,23H,10,12-13,15H2,1-2H3,(H2,24,25,26). The first-order valence-corrected chi connectivity index (χ1v) is 10.2. The zero-order chi connectivity index (χ0) is 19.8. The van der Waals surface area contributed by atoms with E-state index in [2.05, 4.69) is 63.5 Å². The summed E-state index contributed by atoms with van der Waals surface area (Å²) in [6.45, 7) is 2.95. The van der Waals surface area contributed by atoms with Crippen LogP contribution in [0.2, 0.25) is 0 Å². The van der Waals surface area contributed by atoms with Gasteiger partial charge in [-0.15, -0.1) is 0 Å². The second-order valence-corrected chi connectivity index (χ2v) is 8.10. The number of para-hydroxylation sites is 1. The van der Waals surface area contributed by atoms with Crippen molar-refractivity contribution in [2.24, 2.45) is 0 Å². The Kier molecular flexibility index (Phi) is 4.83. The predicted molar refractivity (Wildman–Crippen MR) is 117 cm³/mol. The molecule has 2 aliphatic rings. The number of rotatable bonds is 6. The molecule has 2 aromatic heterocycles. The third-order valence-corrected chi connectivity index (χ3v) is 5.63. The maximum Gasteiger partial charge on any atom is 0.139 e. The Morgan fingerprint density at radius 2 is 2.10 bits per heavy atom. The van der Waals surface area contributed by atoms with E-state index in [0.717, 1.165) is 54.2 Å². The zero-order valence-electron chi connectivity index (χ0n) is 16.9. The van der Waals surface area contributed by atoms with Crippen LogP contribution in [-0.2, 0) is 4.74 Å². The highest BCUT2D eigenvalue weighted by molar-refractivity contribution is 5.94. The van der Waals surface area contributed by atoms with Crippen LogP contribution in [0.4, 0.5) is 11.4 Å². The number of epoxide rings is 1. The molecule has 5 rings (SSSR count). The molecule has 29 heavy (non-hydrogen) atoms. The van der Waals surface area contributed by atoms with Crippen LogP contribution >= 0.6 is 0 Å². The summed E-state index contributed by atoms with van der Waals surface area (Å²) in [7, 11) is 4.19. The topological polar surface area (TPSA) is 59.7 Å². The average Bonchev–Trinajstić information content (AvgIpc) is 3.33. The van der Waals surface area contributed by atoms with Gasteiger partial charge in [0.15, 0.2) is 0 Å². The number of H-pyrrole nitrogens is 1. The quantitative estimate of drug-likeness (QED) is 0.630. The molecule has 6 heteroatoms. The van der Waals surface area contributed by atoms with Gasteiger partial charge in [-0.1, -0.05) is 24.3 Å². The normalized spacial score (nSPS) is 22.1. The van der Waals surface area contributed by atoms with Gasteiger partial charge in [-0.2, -0.15) is 0 Å². The van der Waals surface area contributed by atoms with Crippen molar-refractivity contribution in [1.82, 2.24) is 19.8 Å². The van der Waals surface area contributed by atoms with Crippen molar-refractivity contribution in [3.63, 3.8) is 0 Å². The van der Waals surface area contributed by atoms with Gasteiger partial charge in [0.2, 0.25) is 0 Å². The summed E-state index contributed by atoms with van der Waals surface area (Å²) in [5.74, 6) is 0. The lowest BCUT2D eigenvalue weighted by atomic mass is 10.0. The molecule has 0 amide bonds. The highest BCUT2D eigenvalue weighted by atomic mass is 16.6. The lowest BCUT2D eigenvalue weighted by Gasteiger charge is -2.24. The molecular formula is C23H27N5O. The van der Waals surface area contributed by atoms with Crippen molar-refractivity contribution in [1.29, 1.82) is 0 Å². The summed E-state index contributed by atoms with van der Waals surface area (Å²) < 4.78 is 5.86. The Bertz CT molecular complexity index is 1030. The SMILES string of the molecule is CN(C)CC1OC1N1CC=C(c2cc3c(Nc4ccccc4)ccnc3[nH]2)CC1. The van der Waals surface area contributed by atoms with Crippen LogP contribution in [0.1, 0.15) is 12.1 Å². The molecule has 0 radical (unpaired) electrons. The van der Waals surface area contributed by atoms with E-state index in [1.807, 2.05) is 30.5 Å². The molecule has 0 aliphatic carbocycles. The highest BCUT2D eigenvalue weighted by Crippen LogP contribution is 2.33. The van der Waals surface area contributed by atoms with Crippen molar-refractivity contribution >= 4 is 28.0 Å². The zero-order valence-corrected chi connectivity index (χ0v) is 16.9. The number of hydrogen-bond donors (Lipinski definition) is 2. The first-order valence-electron chi connectivity index (χ1n) is 10.2. The number of fused-ring (bicyclic) bond motifs is 1. The molecule has 0 saturated carbocycles. The van der Waals surface area contributed by atoms with Crippen molar-refractivity contribution in [3.05, 3.63) is 60.4 Å². The first-order chi connectivity index (χ1) is 14.2. The number of nitrogens with one attached hydrogen (secondary N) is 2. The molecule has 2 aliphatic heterocycles. The Morgan fingerprint density at radius 1 is 1.24 bits per heavy atom. The molecule has 0 spiro atoms. The molecule has 0 bridgehead atoms. The van der Waals surface area contributed by atoms with Crippen LogP contribution in [0.5, 0.6) is 0 Å². The van der Waals surface area contributed by atoms with Gasteiger partial charge >= 0.3 is 0 Å². The van der Waals surface area contributed by atoms with Crippen molar-refractivity contribution in [2.75, 3.05) is 39.0 Å². The number of aromatic nitrogens is 2. The average molecular weight is 390 g/mol. The fourth-order valence-corrected chi connectivity index (χ4v) is 4.09. The number of benzene rings is 1. The Balaban J connectivity index is 1.32. The summed E-state index contributed by atoms with van der Waals surface area (Å²) in [5.41, 5.74) is 5.58. The van der Waals surface area contributed by atoms with Gasteiger partial charge in [-0.25, -0.2) is 4.98 Å². The molecule has 4 heterocycles. The monoisotopic (exact) mass is 389 g/mol. The van der Waals surface area contributed by atoms with Crippen LogP contribution in [0, 0.1) is 0 Å². The van der Waals surface area contributed by atoms with E-state index in [9.17, 15) is 0 Å². The minimum Gasteiger partial charge on any atom is -0.355 e. The summed E-state index contributed by atoms with van der Waals surface area (Å²) in [4.78, 5) is 12.7. The first kappa shape index (κ1) is 18.4. The number of hydrogen-bond acceptors (Lipinski definition) is 5. The van der Waals surface area contributed by atoms with Crippen molar-refractivity contribution in [3.8, 4) is 0 Å². The number of anilines is 2. The van der Waals surface area contributed by atoms with E-state index in [-0.39, 0.29) is 6.23 Å². The summed E-state index contributed by atoms with van der Waals surface area (Å²) in [5, 5.41) is 4.62. The lowest BCUT2D eigenvalue weighted by Crippen LogP contribution is -2.34. The van der Waals surface area contributed by atoms with E-state index in [0.29, 0.717) is 6.10 Å². The van der Waals surface area contributed by atoms with Crippen LogP contribution in [-0.4, -0.2) is 65.8 Å². The molecule has 150 valence electrons. The number of nitrogens with zero attached hydrogens (tertiary/aromatic N) is 3. The van der Waals surface area contributed by atoms with Gasteiger partial charge in [0, 0.05) is 42.6 Å². The number of aromatic amines is 1. The highest BCUT2D eigenvalue weighted by Gasteiger charge is 2.43. The molecule has 1 fully saturated rings. The second kappa shape index (κ2) is 7.63. The van der Waals surface area contributed by atoms with Gasteiger partial charge in [0.05, 0.1) is 5.69 Å². The van der Waals surface area contributed by atoms with Gasteiger partial charge in [-0.3, -0.25) is 4.90 Å². The molecule has 1 aromatic carbocycles. The van der Waals surface area contributed by atoms with Crippen LogP contribution in [0.15, 0.2) is 54.7 Å². The van der Waals surface area contributed by atoms with E-state index >= 15 is 0 Å². The molecule has 1 saturated heterocycles. The molecule has 2 unspecified atom stereocenters. The smallest absolute Gasteiger partial charge is 0.139 e. The third kappa shape index (κ3) is 3.92. The molecule has 2 N–H and O–H groups in total. The van der Waals surface area contributed by atoms with Crippen LogP contribution < -0.4 is 5.32 Å². The summed E-state index contributed by atoms with van der Waals surface area (Å²) >= 11 is 0. The maximum absolute atomic E-state index is 5.86. The third-order valence-electron chi connectivity index (χ3n) is 5.63. The molecule has 6 nitrogen and oxygen atoms in total. The van der Waals surface area contributed by atoms with Crippen molar-refractivity contribution in [2.45, 2.75) is 18.8 Å². The fourth-order valence-electron chi connectivity index (χ4n) is 4.09. The molecule has 3 aromatic rings. The predicted octanol–water partition coefficient (Wildman–Crippen LogP) is 3.68. The van der Waals surface area contributed by atoms with Gasteiger partial charge in [0.25, 0.3) is 0 Å². The Morgan fingerprint density at radius 3 is 2.86 bits per heavy atom. The minimum atomic E-state index is 0.279. The number of ether oxygens (including phenoxy) is 1. The summed E-state index contributed by atoms with van der Waals surface area (Å²) in [6.07, 6.45) is 5.82. The van der Waals surface area contributed by atoms with E-state index in [4.69, 9.17) is 4.74 Å². The Labute approximate surface area is 171 Å². The largest absolute Gasteiger partial charge is 0.355 e. The van der Waals surface area contributed by atoms with Crippen LogP contribution in [0.25, 0.3) is 16.6 Å². The summed E-state index contributed by atoms with van der Waals surface area (Å²) in [6, 6.07) is 14.5. The minimum absolute atomic E-state index is 0.279. The van der Waals surface area contributed by atoms with E-state index in [1.54, 1.807) is 0 Å². The van der Waals surface area contributed by atoms with Crippen LogP contribution in [0.3, 0.4) is 0 Å². The fraction of sp³-hybridized carbons (Fsp3) is 0.348. The van der Waals surface area contributed by atoms with Crippen molar-refractivity contribution < 1.29 is 4.74 Å². The molecular weight excluding hydrogens is 362 g/mol. The van der Waals surface area contributed by atoms with Gasteiger partial charge in [0.1, 0.15) is 18.0 Å². The lowest BCUT2D eigenvalue weighted by molar-refractivity contribution is 0.190. The van der Waals surface area contributed by atoms with E-state index < -0.39 is 0 Å². The molecule has 2 atom stereocenters. The van der Waals surface area contributed by atoms with Gasteiger partial charge < -0.3 is 19.9 Å². The maximum atomic E-state index is 5.86. The Hall–Kier alpha value is -2.67.